The van der Waals surface area contributed by atoms with Gasteiger partial charge in [0.05, 0.1) is 6.61 Å². The lowest BCUT2D eigenvalue weighted by Crippen LogP contribution is -2.61. The summed E-state index contributed by atoms with van der Waals surface area (Å²) in [5.41, 5.74) is 2.04. The fourth-order valence-electron chi connectivity index (χ4n) is 4.00. The minimum atomic E-state index is -2.13. The van der Waals surface area contributed by atoms with Gasteiger partial charge < -0.3 is 23.4 Å². The normalized spacial score (nSPS) is 29.4. The van der Waals surface area contributed by atoms with Crippen molar-refractivity contribution in [2.24, 2.45) is 0 Å². The molecule has 0 amide bonds. The van der Waals surface area contributed by atoms with Crippen molar-refractivity contribution < 1.29 is 23.4 Å². The first kappa shape index (κ1) is 24.2. The van der Waals surface area contributed by atoms with Gasteiger partial charge in [-0.1, -0.05) is 81.4 Å². The molecule has 1 unspecified atom stereocenters. The summed E-state index contributed by atoms with van der Waals surface area (Å²) in [6.07, 6.45) is 0.334. The first-order valence-electron chi connectivity index (χ1n) is 11.7. The second kappa shape index (κ2) is 9.72. The molecule has 5 atom stereocenters. The van der Waals surface area contributed by atoms with Gasteiger partial charge in [-0.05, 0) is 29.8 Å². The molecule has 178 valence electrons. The highest BCUT2D eigenvalue weighted by molar-refractivity contribution is 6.74. The molecule has 2 heterocycles. The summed E-state index contributed by atoms with van der Waals surface area (Å²) in [5, 5.41) is 0.0447. The smallest absolute Gasteiger partial charge is 0.193 e. The van der Waals surface area contributed by atoms with Gasteiger partial charge >= 0.3 is 0 Å². The lowest BCUT2D eigenvalue weighted by molar-refractivity contribution is -0.303. The molecule has 0 radical (unpaired) electrons. The van der Waals surface area contributed by atoms with Crippen LogP contribution < -0.4 is 0 Å². The average Bonchev–Trinajstić information content (AvgIpc) is 2.79. The second-order valence-electron chi connectivity index (χ2n) is 10.3. The van der Waals surface area contributed by atoms with Crippen LogP contribution in [0.3, 0.4) is 0 Å². The summed E-state index contributed by atoms with van der Waals surface area (Å²) in [5.74, 6) is 0.768. The van der Waals surface area contributed by atoms with Gasteiger partial charge in [0.2, 0.25) is 0 Å². The molecule has 2 fully saturated rings. The summed E-state index contributed by atoms with van der Waals surface area (Å²) < 4.78 is 32.0. The van der Waals surface area contributed by atoms with E-state index in [2.05, 4.69) is 52.1 Å². The number of methoxy groups -OCH3 is 1. The molecule has 2 saturated heterocycles. The zero-order valence-electron chi connectivity index (χ0n) is 20.5. The Balaban J connectivity index is 1.68. The van der Waals surface area contributed by atoms with Crippen LogP contribution in [0, 0.1) is 0 Å². The Kier molecular flexibility index (Phi) is 7.12. The van der Waals surface area contributed by atoms with Crippen LogP contribution in [-0.4, -0.2) is 46.4 Å². The molecule has 0 spiro atoms. The van der Waals surface area contributed by atoms with Gasteiger partial charge in [-0.15, -0.1) is 0 Å². The second-order valence-corrected chi connectivity index (χ2v) is 15.0. The van der Waals surface area contributed by atoms with Crippen molar-refractivity contribution >= 4 is 14.4 Å². The van der Waals surface area contributed by atoms with Gasteiger partial charge in [0.15, 0.2) is 20.7 Å². The third-order valence-electron chi connectivity index (χ3n) is 6.93. The van der Waals surface area contributed by atoms with E-state index in [0.717, 1.165) is 16.9 Å². The van der Waals surface area contributed by atoms with E-state index in [0.29, 0.717) is 6.61 Å². The van der Waals surface area contributed by atoms with Crippen LogP contribution in [0.4, 0.5) is 0 Å². The van der Waals surface area contributed by atoms with Crippen molar-refractivity contribution in [3.8, 4) is 0 Å². The van der Waals surface area contributed by atoms with Crippen LogP contribution in [0.15, 0.2) is 66.4 Å². The molecular formula is C27H36O5Si. The molecule has 0 aliphatic carbocycles. The average molecular weight is 469 g/mol. The van der Waals surface area contributed by atoms with E-state index in [1.165, 1.54) is 0 Å². The Labute approximate surface area is 198 Å². The number of benzene rings is 2. The van der Waals surface area contributed by atoms with Gasteiger partial charge in [-0.2, -0.15) is 0 Å². The fraction of sp³-hybridized carbons (Fsp3) is 0.481. The molecule has 0 N–H and O–H groups in total. The van der Waals surface area contributed by atoms with E-state index >= 15 is 0 Å². The highest BCUT2D eigenvalue weighted by atomic mass is 28.4. The zero-order chi connectivity index (χ0) is 23.6. The van der Waals surface area contributed by atoms with Gasteiger partial charge in [0.1, 0.15) is 24.1 Å². The minimum absolute atomic E-state index is 0.0447. The zero-order valence-corrected chi connectivity index (χ0v) is 21.5. The largest absolute Gasteiger partial charge is 0.487 e. The van der Waals surface area contributed by atoms with Crippen molar-refractivity contribution in [2.75, 3.05) is 13.7 Å². The third-order valence-corrected chi connectivity index (χ3v) is 11.4. The number of ether oxygens (including phenoxy) is 4. The first-order chi connectivity index (χ1) is 15.7. The van der Waals surface area contributed by atoms with Gasteiger partial charge in [-0.25, -0.2) is 0 Å². The molecule has 33 heavy (non-hydrogen) atoms. The van der Waals surface area contributed by atoms with Crippen LogP contribution in [0.1, 0.15) is 38.2 Å². The van der Waals surface area contributed by atoms with Crippen LogP contribution in [-0.2, 0) is 23.4 Å². The SMILES string of the molecule is CO[C@@H]1[C@@H]2OC(c3ccccc3)OC[C@H]2O/C(=C\c2ccccc2)[C@H]1O[Si](C)(C)C(C)(C)C. The van der Waals surface area contributed by atoms with E-state index in [1.807, 2.05) is 48.5 Å². The Morgan fingerprint density at radius 2 is 1.61 bits per heavy atom. The third kappa shape index (κ3) is 5.25. The molecule has 0 bridgehead atoms. The summed E-state index contributed by atoms with van der Waals surface area (Å²) in [6.45, 7) is 11.6. The van der Waals surface area contributed by atoms with Crippen LogP contribution >= 0.6 is 0 Å². The molecule has 2 aromatic rings. The molecule has 2 aliphatic heterocycles. The summed E-state index contributed by atoms with van der Waals surface area (Å²) in [7, 11) is -0.407. The van der Waals surface area contributed by atoms with E-state index < -0.39 is 14.6 Å². The molecular weight excluding hydrogens is 432 g/mol. The highest BCUT2D eigenvalue weighted by Gasteiger charge is 2.52. The molecule has 0 aromatic heterocycles. The predicted molar refractivity (Wildman–Crippen MR) is 132 cm³/mol. The maximum absolute atomic E-state index is 6.92. The Hall–Kier alpha value is -1.96. The molecule has 2 aliphatic rings. The summed E-state index contributed by atoms with van der Waals surface area (Å²) in [6, 6.07) is 20.2. The van der Waals surface area contributed by atoms with E-state index in [4.69, 9.17) is 23.4 Å². The number of fused-ring (bicyclic) bond motifs is 1. The van der Waals surface area contributed by atoms with Crippen molar-refractivity contribution in [3.05, 3.63) is 77.5 Å². The number of rotatable bonds is 5. The quantitative estimate of drug-likeness (QED) is 0.508. The Morgan fingerprint density at radius 3 is 2.21 bits per heavy atom. The minimum Gasteiger partial charge on any atom is -0.487 e. The van der Waals surface area contributed by atoms with Gasteiger partial charge in [0, 0.05) is 12.7 Å². The van der Waals surface area contributed by atoms with Crippen LogP contribution in [0.25, 0.3) is 6.08 Å². The van der Waals surface area contributed by atoms with Crippen LogP contribution in [0.2, 0.25) is 18.1 Å². The van der Waals surface area contributed by atoms with Gasteiger partial charge in [-0.3, -0.25) is 0 Å². The van der Waals surface area contributed by atoms with Crippen molar-refractivity contribution in [1.29, 1.82) is 0 Å². The maximum atomic E-state index is 6.92. The highest BCUT2D eigenvalue weighted by Crippen LogP contribution is 2.43. The van der Waals surface area contributed by atoms with E-state index in [1.54, 1.807) is 7.11 Å². The Bertz CT molecular complexity index is 938. The molecule has 5 nitrogen and oxygen atoms in total. The van der Waals surface area contributed by atoms with Crippen molar-refractivity contribution in [3.63, 3.8) is 0 Å². The van der Waals surface area contributed by atoms with Crippen LogP contribution in [0.5, 0.6) is 0 Å². The number of hydrogen-bond donors (Lipinski definition) is 0. The Morgan fingerprint density at radius 1 is 0.970 bits per heavy atom. The molecule has 4 rings (SSSR count). The fourth-order valence-corrected chi connectivity index (χ4v) is 5.24. The molecule has 6 heteroatoms. The summed E-state index contributed by atoms with van der Waals surface area (Å²) in [4.78, 5) is 0. The standard InChI is InChI=1S/C27H36O5Si/c1-27(2,3)33(5,6)32-24-21(17-19-13-9-7-10-14-19)30-22-18-29-26(20-15-11-8-12-16-20)31-23(22)25(24)28-4/h7-17,22-26H,18H2,1-6H3/b21-17-/t22-,23-,24-,25-,26?/m1/s1. The van der Waals surface area contributed by atoms with Crippen molar-refractivity contribution in [1.82, 2.24) is 0 Å². The topological polar surface area (TPSA) is 46.2 Å². The van der Waals surface area contributed by atoms with Gasteiger partial charge in [0.25, 0.3) is 0 Å². The van der Waals surface area contributed by atoms with E-state index in [9.17, 15) is 0 Å². The molecule has 2 aromatic carbocycles. The lowest BCUT2D eigenvalue weighted by Gasteiger charge is -2.49. The monoisotopic (exact) mass is 468 g/mol. The lowest BCUT2D eigenvalue weighted by atomic mass is 9.95. The van der Waals surface area contributed by atoms with E-state index in [-0.39, 0.29) is 29.5 Å². The number of hydrogen-bond acceptors (Lipinski definition) is 5. The van der Waals surface area contributed by atoms with Crippen molar-refractivity contribution in [2.45, 2.75) is 69.6 Å². The predicted octanol–water partition coefficient (Wildman–Crippen LogP) is 5.95. The summed E-state index contributed by atoms with van der Waals surface area (Å²) >= 11 is 0. The first-order valence-corrected chi connectivity index (χ1v) is 14.6. The maximum Gasteiger partial charge on any atom is 0.193 e. The molecule has 0 saturated carbocycles.